The van der Waals surface area contributed by atoms with E-state index in [1.165, 1.54) is 6.92 Å². The van der Waals surface area contributed by atoms with Crippen molar-refractivity contribution in [3.63, 3.8) is 0 Å². The van der Waals surface area contributed by atoms with Crippen LogP contribution in [0.3, 0.4) is 0 Å². The Morgan fingerprint density at radius 1 is 1.00 bits per heavy atom. The summed E-state index contributed by atoms with van der Waals surface area (Å²) in [5.41, 5.74) is -0.621. The van der Waals surface area contributed by atoms with Crippen LogP contribution in [0.25, 0.3) is 0 Å². The van der Waals surface area contributed by atoms with Crippen LogP contribution in [0, 0.1) is 5.92 Å². The fraction of sp³-hybridized carbons (Fsp3) is 0.769. The summed E-state index contributed by atoms with van der Waals surface area (Å²) in [5.74, 6) is -2.43. The summed E-state index contributed by atoms with van der Waals surface area (Å²) >= 11 is 0. The minimum Gasteiger partial charge on any atom is -0.480 e. The van der Waals surface area contributed by atoms with Gasteiger partial charge >= 0.3 is 18.0 Å². The summed E-state index contributed by atoms with van der Waals surface area (Å²) in [4.78, 5) is 31.5. The van der Waals surface area contributed by atoms with Gasteiger partial charge in [0.25, 0.3) is 0 Å². The van der Waals surface area contributed by atoms with E-state index in [4.69, 9.17) is 20.1 Å². The lowest BCUT2D eigenvalue weighted by Gasteiger charge is -2.23. The van der Waals surface area contributed by atoms with Crippen molar-refractivity contribution in [1.29, 1.82) is 0 Å². The standard InChI is InChI=1S/C10H19NO4.C3H6O3/c1-6(2)7(8(12)13)11-9(14)15-10(3,4)5;1-2(4)3(5)6/h6-7H,1-5H3,(H,11,14)(H,12,13);2,4H,1H3,(H,5,6)/t7-;/m0./s1. The number of hydrogen-bond acceptors (Lipinski definition) is 5. The molecule has 0 aliphatic rings. The fourth-order valence-corrected chi connectivity index (χ4v) is 0.948. The monoisotopic (exact) mass is 307 g/mol. The Bertz CT molecular complexity index is 358. The van der Waals surface area contributed by atoms with Crippen molar-refractivity contribution < 1.29 is 34.4 Å². The summed E-state index contributed by atoms with van der Waals surface area (Å²) in [6.45, 7) is 9.79. The zero-order valence-electron chi connectivity index (χ0n) is 13.2. The number of carboxylic acid groups (broad SMARTS) is 2. The van der Waals surface area contributed by atoms with E-state index in [0.717, 1.165) is 0 Å². The molecule has 124 valence electrons. The van der Waals surface area contributed by atoms with Gasteiger partial charge in [0.15, 0.2) is 0 Å². The van der Waals surface area contributed by atoms with Crippen LogP contribution >= 0.6 is 0 Å². The van der Waals surface area contributed by atoms with E-state index < -0.39 is 35.8 Å². The summed E-state index contributed by atoms with van der Waals surface area (Å²) in [6, 6.07) is -0.917. The molecule has 21 heavy (non-hydrogen) atoms. The quantitative estimate of drug-likeness (QED) is 0.610. The predicted molar refractivity (Wildman–Crippen MR) is 74.9 cm³/mol. The van der Waals surface area contributed by atoms with Gasteiger partial charge in [0.05, 0.1) is 0 Å². The first kappa shape index (κ1) is 21.5. The molecule has 0 saturated heterocycles. The Morgan fingerprint density at radius 3 is 1.57 bits per heavy atom. The van der Waals surface area contributed by atoms with Gasteiger partial charge < -0.3 is 25.4 Å². The highest BCUT2D eigenvalue weighted by Gasteiger charge is 2.26. The van der Waals surface area contributed by atoms with E-state index in [1.54, 1.807) is 34.6 Å². The second-order valence-electron chi connectivity index (χ2n) is 5.72. The van der Waals surface area contributed by atoms with Crippen molar-refractivity contribution in [2.24, 2.45) is 5.92 Å². The Hall–Kier alpha value is -1.83. The number of ether oxygens (including phenoxy) is 1. The van der Waals surface area contributed by atoms with Gasteiger partial charge in [-0.05, 0) is 33.6 Å². The van der Waals surface area contributed by atoms with Gasteiger partial charge in [0.2, 0.25) is 0 Å². The number of amides is 1. The zero-order chi connectivity index (χ0) is 17.4. The van der Waals surface area contributed by atoms with E-state index in [-0.39, 0.29) is 5.92 Å². The van der Waals surface area contributed by atoms with Crippen molar-refractivity contribution in [2.45, 2.75) is 59.3 Å². The highest BCUT2D eigenvalue weighted by atomic mass is 16.6. The predicted octanol–water partition coefficient (Wildman–Crippen LogP) is 1.07. The van der Waals surface area contributed by atoms with Crippen LogP contribution in [0.4, 0.5) is 4.79 Å². The van der Waals surface area contributed by atoms with E-state index in [2.05, 4.69) is 5.32 Å². The first-order valence-electron chi connectivity index (χ1n) is 6.41. The number of carboxylic acids is 2. The zero-order valence-corrected chi connectivity index (χ0v) is 13.2. The van der Waals surface area contributed by atoms with Gasteiger partial charge in [0.1, 0.15) is 17.7 Å². The normalized spacial score (nSPS) is 13.5. The molecule has 0 aliphatic heterocycles. The molecule has 4 N–H and O–H groups in total. The average molecular weight is 307 g/mol. The fourth-order valence-electron chi connectivity index (χ4n) is 0.948. The Morgan fingerprint density at radius 2 is 1.38 bits per heavy atom. The smallest absolute Gasteiger partial charge is 0.408 e. The summed E-state index contributed by atoms with van der Waals surface area (Å²) in [6.07, 6.45) is -1.94. The van der Waals surface area contributed by atoms with Crippen LogP contribution in [0.5, 0.6) is 0 Å². The van der Waals surface area contributed by atoms with Crippen LogP contribution < -0.4 is 5.32 Å². The first-order chi connectivity index (χ1) is 9.27. The lowest BCUT2D eigenvalue weighted by atomic mass is 10.1. The molecule has 0 radical (unpaired) electrons. The van der Waals surface area contributed by atoms with Gasteiger partial charge in [0, 0.05) is 0 Å². The molecular formula is C13H25NO7. The molecule has 0 heterocycles. The number of alkyl carbamates (subject to hydrolysis) is 1. The van der Waals surface area contributed by atoms with Crippen molar-refractivity contribution in [3.8, 4) is 0 Å². The minimum absolute atomic E-state index is 0.185. The number of rotatable bonds is 4. The average Bonchev–Trinajstić information content (AvgIpc) is 2.23. The van der Waals surface area contributed by atoms with E-state index >= 15 is 0 Å². The molecule has 0 aromatic rings. The van der Waals surface area contributed by atoms with E-state index in [1.807, 2.05) is 0 Å². The van der Waals surface area contributed by atoms with Gasteiger partial charge in [-0.15, -0.1) is 0 Å². The second kappa shape index (κ2) is 9.17. The summed E-state index contributed by atoms with van der Waals surface area (Å²) in [7, 11) is 0. The molecule has 8 heteroatoms. The summed E-state index contributed by atoms with van der Waals surface area (Å²) in [5, 5.41) is 26.9. The van der Waals surface area contributed by atoms with Gasteiger partial charge in [-0.3, -0.25) is 0 Å². The number of hydrogen-bond donors (Lipinski definition) is 4. The number of nitrogens with one attached hydrogen (secondary N) is 1. The lowest BCUT2D eigenvalue weighted by Crippen LogP contribution is -2.46. The molecule has 0 bridgehead atoms. The molecule has 0 aromatic carbocycles. The molecule has 2 atom stereocenters. The van der Waals surface area contributed by atoms with Crippen LogP contribution in [0.15, 0.2) is 0 Å². The van der Waals surface area contributed by atoms with Crippen molar-refractivity contribution in [2.75, 3.05) is 0 Å². The van der Waals surface area contributed by atoms with Crippen molar-refractivity contribution in [3.05, 3.63) is 0 Å². The Labute approximate surface area is 124 Å². The van der Waals surface area contributed by atoms with E-state index in [9.17, 15) is 14.4 Å². The Kier molecular flexibility index (Phi) is 9.37. The topological polar surface area (TPSA) is 133 Å². The Balaban J connectivity index is 0. The van der Waals surface area contributed by atoms with Gasteiger partial charge in [-0.25, -0.2) is 14.4 Å². The minimum atomic E-state index is -1.23. The van der Waals surface area contributed by atoms with Crippen LogP contribution in [0.2, 0.25) is 0 Å². The number of aliphatic carboxylic acids is 2. The molecule has 1 unspecified atom stereocenters. The third-order valence-electron chi connectivity index (χ3n) is 1.96. The van der Waals surface area contributed by atoms with Crippen molar-refractivity contribution in [1.82, 2.24) is 5.32 Å². The molecule has 0 spiro atoms. The van der Waals surface area contributed by atoms with Gasteiger partial charge in [-0.1, -0.05) is 13.8 Å². The number of carbonyl (C=O) groups is 3. The lowest BCUT2D eigenvalue weighted by molar-refractivity contribution is -0.145. The molecule has 0 aromatic heterocycles. The first-order valence-corrected chi connectivity index (χ1v) is 6.41. The second-order valence-corrected chi connectivity index (χ2v) is 5.72. The van der Waals surface area contributed by atoms with E-state index in [0.29, 0.717) is 0 Å². The third-order valence-corrected chi connectivity index (χ3v) is 1.96. The largest absolute Gasteiger partial charge is 0.480 e. The maximum atomic E-state index is 11.3. The number of aliphatic hydroxyl groups excluding tert-OH is 1. The highest BCUT2D eigenvalue weighted by molar-refractivity contribution is 5.80. The highest BCUT2D eigenvalue weighted by Crippen LogP contribution is 2.08. The molecule has 1 amide bonds. The molecule has 0 aliphatic carbocycles. The molecular weight excluding hydrogens is 282 g/mol. The van der Waals surface area contributed by atoms with Crippen LogP contribution in [-0.2, 0) is 14.3 Å². The molecule has 0 rings (SSSR count). The third kappa shape index (κ3) is 12.9. The van der Waals surface area contributed by atoms with Crippen LogP contribution in [-0.4, -0.2) is 51.1 Å². The van der Waals surface area contributed by atoms with Crippen molar-refractivity contribution >= 4 is 18.0 Å². The SMILES string of the molecule is CC(C)[C@H](NC(=O)OC(C)(C)C)C(=O)O.CC(O)C(=O)O. The molecule has 8 nitrogen and oxygen atoms in total. The molecule has 0 fully saturated rings. The van der Waals surface area contributed by atoms with Crippen LogP contribution in [0.1, 0.15) is 41.5 Å². The maximum Gasteiger partial charge on any atom is 0.408 e. The summed E-state index contributed by atoms with van der Waals surface area (Å²) < 4.78 is 4.96. The number of carbonyl (C=O) groups excluding carboxylic acids is 1. The number of aliphatic hydroxyl groups is 1. The molecule has 0 saturated carbocycles. The maximum absolute atomic E-state index is 11.3. The van der Waals surface area contributed by atoms with Gasteiger partial charge in [-0.2, -0.15) is 0 Å².